The lowest BCUT2D eigenvalue weighted by Gasteiger charge is -2.26. The Morgan fingerprint density at radius 1 is 1.06 bits per heavy atom. The number of nitrogens with one attached hydrogen (secondary N) is 2. The molecule has 1 aliphatic carbocycles. The number of carbonyl (C=O) groups is 3. The number of imide groups is 1. The number of hydrogen-bond donors (Lipinski definition) is 2. The summed E-state index contributed by atoms with van der Waals surface area (Å²) in [4.78, 5) is 42.9. The number of aromatic nitrogens is 1. The third kappa shape index (κ3) is 3.11. The monoisotopic (exact) mass is 455 g/mol. The fourth-order valence-electron chi connectivity index (χ4n) is 5.38. The van der Waals surface area contributed by atoms with Gasteiger partial charge in [-0.2, -0.15) is 0 Å². The third-order valence-electron chi connectivity index (χ3n) is 7.17. The lowest BCUT2D eigenvalue weighted by atomic mass is 9.86. The van der Waals surface area contributed by atoms with Gasteiger partial charge in [-0.05, 0) is 79.6 Å². The molecule has 0 bridgehead atoms. The fraction of sp³-hybridized carbons (Fsp3) is 0.222. The van der Waals surface area contributed by atoms with E-state index in [1.807, 2.05) is 6.92 Å². The molecule has 0 radical (unpaired) electrons. The number of benzene rings is 2. The molecule has 0 spiro atoms. The zero-order valence-corrected chi connectivity index (χ0v) is 18.6. The smallest absolute Gasteiger partial charge is 0.261 e. The Morgan fingerprint density at radius 3 is 2.53 bits per heavy atom. The Balaban J connectivity index is 1.25. The highest BCUT2D eigenvalue weighted by molar-refractivity contribution is 6.34. The Morgan fingerprint density at radius 2 is 1.79 bits per heavy atom. The number of anilines is 1. The van der Waals surface area contributed by atoms with Crippen molar-refractivity contribution >= 4 is 35.1 Å². The van der Waals surface area contributed by atoms with Crippen LogP contribution in [0.5, 0.6) is 0 Å². The van der Waals surface area contributed by atoms with Crippen molar-refractivity contribution in [3.05, 3.63) is 87.5 Å². The minimum absolute atomic E-state index is 0.151. The molecule has 2 aromatic carbocycles. The number of nitrogens with zero attached hydrogens (tertiary/aromatic N) is 1. The van der Waals surface area contributed by atoms with Gasteiger partial charge >= 0.3 is 0 Å². The largest absolute Gasteiger partial charge is 0.358 e. The summed E-state index contributed by atoms with van der Waals surface area (Å²) in [5.74, 6) is -0.941. The molecule has 3 aliphatic rings. The summed E-state index contributed by atoms with van der Waals surface area (Å²) >= 11 is 0. The van der Waals surface area contributed by atoms with Gasteiger partial charge in [0.2, 0.25) is 0 Å². The van der Waals surface area contributed by atoms with Crippen LogP contribution < -0.4 is 5.32 Å². The van der Waals surface area contributed by atoms with Crippen molar-refractivity contribution in [2.75, 3.05) is 11.9 Å². The summed E-state index contributed by atoms with van der Waals surface area (Å²) in [5.41, 5.74) is 6.71. The van der Waals surface area contributed by atoms with E-state index in [2.05, 4.69) is 10.3 Å². The number of hydrogen-bond acceptors (Lipinski definition) is 3. The van der Waals surface area contributed by atoms with E-state index in [0.717, 1.165) is 29.8 Å². The molecule has 6 rings (SSSR count). The number of fused-ring (bicyclic) bond motifs is 3. The first kappa shape index (κ1) is 20.6. The first-order chi connectivity index (χ1) is 16.4. The Kier molecular flexibility index (Phi) is 4.55. The van der Waals surface area contributed by atoms with E-state index in [1.165, 1.54) is 22.6 Å². The molecule has 34 heavy (non-hydrogen) atoms. The standard InChI is InChI=1S/C27H22FN3O3/c1-14-17-8-6-15(13-31-26(33)18-4-2-3-5-19(18)27(31)34)10-24(17)29-23(14)12-21-20-11-16(28)7-9-22(20)30-25(21)32/h2-5,7,9,11-12,15,29H,6,8,10,13H2,1H3,(H,30,32)/b21-12-. The first-order valence-electron chi connectivity index (χ1n) is 11.4. The lowest BCUT2D eigenvalue weighted by molar-refractivity contribution is -0.110. The minimum atomic E-state index is -0.389. The van der Waals surface area contributed by atoms with Gasteiger partial charge in [0, 0.05) is 29.2 Å². The molecule has 3 heterocycles. The molecule has 3 amide bonds. The molecule has 1 atom stereocenters. The summed E-state index contributed by atoms with van der Waals surface area (Å²) in [6.45, 7) is 2.40. The molecule has 0 fully saturated rings. The maximum atomic E-state index is 13.8. The molecule has 2 N–H and O–H groups in total. The van der Waals surface area contributed by atoms with E-state index in [0.29, 0.717) is 40.9 Å². The van der Waals surface area contributed by atoms with Crippen LogP contribution in [0.2, 0.25) is 0 Å². The van der Waals surface area contributed by atoms with E-state index in [4.69, 9.17) is 0 Å². The average molecular weight is 455 g/mol. The van der Waals surface area contributed by atoms with Gasteiger partial charge in [0.05, 0.1) is 16.7 Å². The maximum Gasteiger partial charge on any atom is 0.261 e. The SMILES string of the molecule is Cc1c(/C=C2\C(=O)Nc3ccc(F)cc32)[nH]c2c1CCC(CN1C(=O)c3ccccc3C1=O)C2. The van der Waals surface area contributed by atoms with Gasteiger partial charge in [-0.1, -0.05) is 12.1 Å². The van der Waals surface area contributed by atoms with E-state index in [9.17, 15) is 18.8 Å². The molecule has 6 nitrogen and oxygen atoms in total. The predicted octanol–water partition coefficient (Wildman–Crippen LogP) is 4.36. The van der Waals surface area contributed by atoms with Crippen LogP contribution >= 0.6 is 0 Å². The molecule has 170 valence electrons. The number of rotatable bonds is 3. The van der Waals surface area contributed by atoms with Crippen molar-refractivity contribution in [3.8, 4) is 0 Å². The third-order valence-corrected chi connectivity index (χ3v) is 7.17. The highest BCUT2D eigenvalue weighted by Gasteiger charge is 2.37. The van der Waals surface area contributed by atoms with Crippen molar-refractivity contribution in [3.63, 3.8) is 0 Å². The first-order valence-corrected chi connectivity index (χ1v) is 11.4. The zero-order chi connectivity index (χ0) is 23.6. The second-order valence-corrected chi connectivity index (χ2v) is 9.20. The summed E-state index contributed by atoms with van der Waals surface area (Å²) in [6, 6.07) is 11.2. The van der Waals surface area contributed by atoms with Crippen LogP contribution in [0.1, 0.15) is 55.2 Å². The molecule has 3 aromatic rings. The summed E-state index contributed by atoms with van der Waals surface area (Å²) in [6.07, 6.45) is 4.19. The number of carbonyl (C=O) groups excluding carboxylic acids is 3. The average Bonchev–Trinajstić information content (AvgIpc) is 3.40. The summed E-state index contributed by atoms with van der Waals surface area (Å²) in [5, 5.41) is 2.78. The molecule has 2 aliphatic heterocycles. The van der Waals surface area contributed by atoms with E-state index < -0.39 is 0 Å². The molecular weight excluding hydrogens is 433 g/mol. The van der Waals surface area contributed by atoms with Crippen LogP contribution in [0.25, 0.3) is 11.6 Å². The lowest BCUT2D eigenvalue weighted by Crippen LogP contribution is -2.36. The Hall–Kier alpha value is -4.00. The molecule has 1 aromatic heterocycles. The summed E-state index contributed by atoms with van der Waals surface area (Å²) < 4.78 is 13.8. The van der Waals surface area contributed by atoms with Crippen LogP contribution in [-0.4, -0.2) is 34.2 Å². The number of aromatic amines is 1. The van der Waals surface area contributed by atoms with Crippen molar-refractivity contribution in [1.29, 1.82) is 0 Å². The van der Waals surface area contributed by atoms with Gasteiger partial charge in [0.25, 0.3) is 17.7 Å². The number of amides is 3. The highest BCUT2D eigenvalue weighted by Crippen LogP contribution is 2.36. The highest BCUT2D eigenvalue weighted by atomic mass is 19.1. The van der Waals surface area contributed by atoms with Crippen LogP contribution in [0.15, 0.2) is 42.5 Å². The summed E-state index contributed by atoms with van der Waals surface area (Å²) in [7, 11) is 0. The van der Waals surface area contributed by atoms with Gasteiger partial charge in [0.1, 0.15) is 5.82 Å². The van der Waals surface area contributed by atoms with Gasteiger partial charge in [-0.15, -0.1) is 0 Å². The van der Waals surface area contributed by atoms with Crippen LogP contribution in [-0.2, 0) is 17.6 Å². The van der Waals surface area contributed by atoms with Crippen LogP contribution in [0.3, 0.4) is 0 Å². The predicted molar refractivity (Wildman–Crippen MR) is 126 cm³/mol. The molecular formula is C27H22FN3O3. The normalized spacial score (nSPS) is 19.9. The number of halogens is 1. The fourth-order valence-corrected chi connectivity index (χ4v) is 5.38. The molecule has 0 saturated heterocycles. The second kappa shape index (κ2) is 7.52. The topological polar surface area (TPSA) is 82.3 Å². The second-order valence-electron chi connectivity index (χ2n) is 9.20. The van der Waals surface area contributed by atoms with E-state index in [1.54, 1.807) is 36.4 Å². The van der Waals surface area contributed by atoms with Gasteiger partial charge in [0.15, 0.2) is 0 Å². The van der Waals surface area contributed by atoms with Crippen molar-refractivity contribution in [1.82, 2.24) is 9.88 Å². The van der Waals surface area contributed by atoms with Gasteiger partial charge < -0.3 is 10.3 Å². The number of H-pyrrole nitrogens is 1. The van der Waals surface area contributed by atoms with E-state index >= 15 is 0 Å². The molecule has 0 saturated carbocycles. The van der Waals surface area contributed by atoms with Crippen molar-refractivity contribution in [2.45, 2.75) is 26.2 Å². The molecule has 7 heteroatoms. The molecule has 1 unspecified atom stereocenters. The Bertz CT molecular complexity index is 1400. The quantitative estimate of drug-likeness (QED) is 0.455. The Labute approximate surface area is 195 Å². The van der Waals surface area contributed by atoms with Gasteiger partial charge in [-0.25, -0.2) is 4.39 Å². The maximum absolute atomic E-state index is 13.8. The van der Waals surface area contributed by atoms with Gasteiger partial charge in [-0.3, -0.25) is 19.3 Å². The van der Waals surface area contributed by atoms with Crippen molar-refractivity contribution in [2.24, 2.45) is 5.92 Å². The van der Waals surface area contributed by atoms with E-state index in [-0.39, 0.29) is 29.5 Å². The van der Waals surface area contributed by atoms with Crippen LogP contribution in [0, 0.1) is 18.7 Å². The zero-order valence-electron chi connectivity index (χ0n) is 18.6. The van der Waals surface area contributed by atoms with Crippen LogP contribution in [0.4, 0.5) is 10.1 Å². The van der Waals surface area contributed by atoms with Crippen molar-refractivity contribution < 1.29 is 18.8 Å². The minimum Gasteiger partial charge on any atom is -0.358 e.